The van der Waals surface area contributed by atoms with E-state index in [0.717, 1.165) is 45.3 Å². The van der Waals surface area contributed by atoms with E-state index >= 15 is 0 Å². The molecule has 1 saturated carbocycles. The summed E-state index contributed by atoms with van der Waals surface area (Å²) in [5.41, 5.74) is -0.193. The van der Waals surface area contributed by atoms with E-state index in [9.17, 15) is 4.79 Å². The van der Waals surface area contributed by atoms with Crippen molar-refractivity contribution < 1.29 is 19.0 Å². The molecule has 0 aromatic carbocycles. The van der Waals surface area contributed by atoms with Gasteiger partial charge in [-0.1, -0.05) is 6.42 Å². The first-order chi connectivity index (χ1) is 10.6. The van der Waals surface area contributed by atoms with Crippen LogP contribution in [0.3, 0.4) is 0 Å². The zero-order valence-electron chi connectivity index (χ0n) is 13.9. The van der Waals surface area contributed by atoms with Crippen molar-refractivity contribution in [3.8, 4) is 0 Å². The molecule has 3 fully saturated rings. The molecule has 2 aliphatic heterocycles. The van der Waals surface area contributed by atoms with Gasteiger partial charge in [0.25, 0.3) is 5.91 Å². The molecule has 0 radical (unpaired) electrons. The predicted octanol–water partition coefficient (Wildman–Crippen LogP) is 1.99. The average molecular weight is 311 g/mol. The van der Waals surface area contributed by atoms with Crippen molar-refractivity contribution in [3.05, 3.63) is 0 Å². The zero-order valence-corrected chi connectivity index (χ0v) is 13.9. The molecule has 1 spiro atoms. The van der Waals surface area contributed by atoms with Crippen LogP contribution in [0.15, 0.2) is 0 Å². The Bertz CT molecular complexity index is 394. The maximum atomic E-state index is 12.6. The molecule has 3 atom stereocenters. The van der Waals surface area contributed by atoms with Crippen LogP contribution in [0.5, 0.6) is 0 Å². The molecule has 1 amide bonds. The highest BCUT2D eigenvalue weighted by atomic mass is 16.5. The van der Waals surface area contributed by atoms with Gasteiger partial charge in [0.05, 0.1) is 31.5 Å². The number of amides is 1. The van der Waals surface area contributed by atoms with Crippen molar-refractivity contribution in [3.63, 3.8) is 0 Å². The van der Waals surface area contributed by atoms with Gasteiger partial charge in [-0.2, -0.15) is 0 Å². The van der Waals surface area contributed by atoms with Crippen LogP contribution in [-0.2, 0) is 19.0 Å². The Morgan fingerprint density at radius 2 is 2.18 bits per heavy atom. The number of morpholine rings is 1. The fourth-order valence-electron chi connectivity index (χ4n) is 4.03. The SMILES string of the molecule is CC(C)OC[C@@H]1CCC[C@@]12CN(C(=O)C1CCCO1)CCO2. The molecule has 2 heterocycles. The highest BCUT2D eigenvalue weighted by Crippen LogP contribution is 2.41. The molecule has 0 bridgehead atoms. The van der Waals surface area contributed by atoms with Gasteiger partial charge >= 0.3 is 0 Å². The Morgan fingerprint density at radius 3 is 2.91 bits per heavy atom. The number of carbonyl (C=O) groups excluding carboxylic acids is 1. The van der Waals surface area contributed by atoms with E-state index < -0.39 is 0 Å². The summed E-state index contributed by atoms with van der Waals surface area (Å²) in [5, 5.41) is 0. The highest BCUT2D eigenvalue weighted by molar-refractivity contribution is 5.81. The van der Waals surface area contributed by atoms with Gasteiger partial charge in [0, 0.05) is 19.1 Å². The monoisotopic (exact) mass is 311 g/mol. The van der Waals surface area contributed by atoms with E-state index in [0.29, 0.717) is 25.6 Å². The molecule has 0 aromatic rings. The third-order valence-electron chi connectivity index (χ3n) is 5.25. The van der Waals surface area contributed by atoms with E-state index in [4.69, 9.17) is 14.2 Å². The fraction of sp³-hybridized carbons (Fsp3) is 0.941. The molecular formula is C17H29NO4. The van der Waals surface area contributed by atoms with Crippen molar-refractivity contribution in [2.75, 3.05) is 32.9 Å². The lowest BCUT2D eigenvalue weighted by atomic mass is 9.89. The molecule has 2 saturated heterocycles. The number of nitrogens with zero attached hydrogens (tertiary/aromatic N) is 1. The molecule has 1 unspecified atom stereocenters. The lowest BCUT2D eigenvalue weighted by Gasteiger charge is -2.44. The van der Waals surface area contributed by atoms with Crippen LogP contribution in [0.2, 0.25) is 0 Å². The van der Waals surface area contributed by atoms with Crippen LogP contribution >= 0.6 is 0 Å². The van der Waals surface area contributed by atoms with Crippen molar-refractivity contribution >= 4 is 5.91 Å². The van der Waals surface area contributed by atoms with Gasteiger partial charge in [-0.15, -0.1) is 0 Å². The van der Waals surface area contributed by atoms with Crippen molar-refractivity contribution in [1.29, 1.82) is 0 Å². The smallest absolute Gasteiger partial charge is 0.251 e. The van der Waals surface area contributed by atoms with Crippen molar-refractivity contribution in [2.24, 2.45) is 5.92 Å². The van der Waals surface area contributed by atoms with Crippen LogP contribution in [0.25, 0.3) is 0 Å². The Kier molecular flexibility index (Phi) is 5.05. The third-order valence-corrected chi connectivity index (χ3v) is 5.25. The van der Waals surface area contributed by atoms with Gasteiger partial charge in [-0.3, -0.25) is 4.79 Å². The van der Waals surface area contributed by atoms with Gasteiger partial charge in [0.2, 0.25) is 0 Å². The molecule has 5 heteroatoms. The van der Waals surface area contributed by atoms with Gasteiger partial charge < -0.3 is 19.1 Å². The quantitative estimate of drug-likeness (QED) is 0.796. The fourth-order valence-corrected chi connectivity index (χ4v) is 4.03. The van der Waals surface area contributed by atoms with Gasteiger partial charge in [-0.05, 0) is 39.5 Å². The largest absolute Gasteiger partial charge is 0.378 e. The Balaban J connectivity index is 1.64. The second-order valence-corrected chi connectivity index (χ2v) is 7.15. The lowest BCUT2D eigenvalue weighted by molar-refractivity contribution is -0.169. The van der Waals surface area contributed by atoms with Crippen LogP contribution in [-0.4, -0.2) is 61.5 Å². The number of hydrogen-bond donors (Lipinski definition) is 0. The molecule has 1 aliphatic carbocycles. The summed E-state index contributed by atoms with van der Waals surface area (Å²) in [4.78, 5) is 14.6. The zero-order chi connectivity index (χ0) is 15.6. The minimum Gasteiger partial charge on any atom is -0.378 e. The van der Waals surface area contributed by atoms with Gasteiger partial charge in [-0.25, -0.2) is 0 Å². The summed E-state index contributed by atoms with van der Waals surface area (Å²) in [5.74, 6) is 0.561. The summed E-state index contributed by atoms with van der Waals surface area (Å²) < 4.78 is 17.6. The average Bonchev–Trinajstić information content (AvgIpc) is 3.15. The topological polar surface area (TPSA) is 48.0 Å². The van der Waals surface area contributed by atoms with Gasteiger partial charge in [0.15, 0.2) is 0 Å². The summed E-state index contributed by atoms with van der Waals surface area (Å²) in [6, 6.07) is 0. The van der Waals surface area contributed by atoms with Crippen molar-refractivity contribution in [2.45, 2.75) is 63.8 Å². The van der Waals surface area contributed by atoms with E-state index in [1.54, 1.807) is 0 Å². The maximum Gasteiger partial charge on any atom is 0.251 e. The van der Waals surface area contributed by atoms with Crippen LogP contribution < -0.4 is 0 Å². The molecular weight excluding hydrogens is 282 g/mol. The van der Waals surface area contributed by atoms with Gasteiger partial charge in [0.1, 0.15) is 6.10 Å². The number of rotatable bonds is 4. The first kappa shape index (κ1) is 16.2. The summed E-state index contributed by atoms with van der Waals surface area (Å²) in [6.45, 7) is 7.62. The van der Waals surface area contributed by atoms with Crippen molar-refractivity contribution in [1.82, 2.24) is 4.90 Å². The first-order valence-electron chi connectivity index (χ1n) is 8.77. The molecule has 22 heavy (non-hydrogen) atoms. The predicted molar refractivity (Wildman–Crippen MR) is 82.7 cm³/mol. The number of hydrogen-bond acceptors (Lipinski definition) is 4. The minimum absolute atomic E-state index is 0.163. The number of ether oxygens (including phenoxy) is 3. The Labute approximate surface area is 133 Å². The first-order valence-corrected chi connectivity index (χ1v) is 8.77. The van der Waals surface area contributed by atoms with Crippen LogP contribution in [0.4, 0.5) is 0 Å². The molecule has 3 aliphatic rings. The Morgan fingerprint density at radius 1 is 1.32 bits per heavy atom. The summed E-state index contributed by atoms with van der Waals surface area (Å²) in [7, 11) is 0. The lowest BCUT2D eigenvalue weighted by Crippen LogP contribution is -2.57. The minimum atomic E-state index is -0.220. The van der Waals surface area contributed by atoms with E-state index in [1.807, 2.05) is 4.90 Å². The van der Waals surface area contributed by atoms with E-state index in [2.05, 4.69) is 13.8 Å². The number of carbonyl (C=O) groups is 1. The molecule has 0 aromatic heterocycles. The molecule has 0 N–H and O–H groups in total. The Hall–Kier alpha value is -0.650. The molecule has 5 nitrogen and oxygen atoms in total. The summed E-state index contributed by atoms with van der Waals surface area (Å²) in [6.07, 6.45) is 5.21. The maximum absolute atomic E-state index is 12.6. The molecule has 126 valence electrons. The van der Waals surface area contributed by atoms with Crippen LogP contribution in [0, 0.1) is 5.92 Å². The standard InChI is InChI=1S/C17H29NO4/c1-13(2)21-11-14-5-3-7-17(14)12-18(8-10-22-17)16(19)15-6-4-9-20-15/h13-15H,3-12H2,1-2H3/t14-,15?,17+/m0/s1. The van der Waals surface area contributed by atoms with E-state index in [-0.39, 0.29) is 23.7 Å². The third kappa shape index (κ3) is 3.31. The summed E-state index contributed by atoms with van der Waals surface area (Å²) >= 11 is 0. The second-order valence-electron chi connectivity index (χ2n) is 7.15. The van der Waals surface area contributed by atoms with E-state index in [1.165, 1.54) is 0 Å². The van der Waals surface area contributed by atoms with Crippen LogP contribution in [0.1, 0.15) is 46.0 Å². The normalized spacial score (nSPS) is 35.7. The highest BCUT2D eigenvalue weighted by Gasteiger charge is 2.48. The second kappa shape index (κ2) is 6.85. The molecule has 3 rings (SSSR count).